The van der Waals surface area contributed by atoms with Gasteiger partial charge in [0.25, 0.3) is 0 Å². The molecule has 4 heterocycles. The zero-order chi connectivity index (χ0) is 21.0. The summed E-state index contributed by atoms with van der Waals surface area (Å²) in [4.78, 5) is 19.3. The Bertz CT molecular complexity index is 1210. The normalized spacial score (nSPS) is 14.4. The van der Waals surface area contributed by atoms with Crippen LogP contribution in [0.15, 0.2) is 60.0 Å². The molecule has 0 spiro atoms. The van der Waals surface area contributed by atoms with Crippen LogP contribution in [0.25, 0.3) is 22.3 Å². The largest absolute Gasteiger partial charge is 0.378 e. The number of aromatic nitrogens is 4. The lowest BCUT2D eigenvalue weighted by molar-refractivity contribution is 0.122. The third kappa shape index (κ3) is 4.24. The van der Waals surface area contributed by atoms with E-state index in [0.717, 1.165) is 46.8 Å². The molecule has 1 aliphatic rings. The van der Waals surface area contributed by atoms with Crippen LogP contribution in [0, 0.1) is 6.92 Å². The summed E-state index contributed by atoms with van der Waals surface area (Å²) in [5, 5.41) is 4.35. The minimum Gasteiger partial charge on any atom is -0.378 e. The second kappa shape index (κ2) is 8.53. The van der Waals surface area contributed by atoms with Crippen LogP contribution in [0.3, 0.4) is 0 Å². The first-order valence-corrected chi connectivity index (χ1v) is 10.3. The number of rotatable bonds is 5. The molecule has 1 aliphatic heterocycles. The topological polar surface area (TPSA) is 91.3 Å². The molecule has 2 N–H and O–H groups in total. The van der Waals surface area contributed by atoms with Crippen molar-refractivity contribution in [2.24, 2.45) is 5.10 Å². The van der Waals surface area contributed by atoms with E-state index < -0.39 is 0 Å². The maximum absolute atomic E-state index is 5.52. The van der Waals surface area contributed by atoms with Gasteiger partial charge in [-0.2, -0.15) is 10.1 Å². The van der Waals surface area contributed by atoms with Gasteiger partial charge in [0, 0.05) is 36.7 Å². The third-order valence-electron chi connectivity index (χ3n) is 5.18. The number of hydrazone groups is 1. The number of ether oxygens (including phenoxy) is 1. The summed E-state index contributed by atoms with van der Waals surface area (Å²) in [6.07, 6.45) is 5.33. The Labute approximate surface area is 180 Å². The minimum atomic E-state index is 0.457. The van der Waals surface area contributed by atoms with Crippen LogP contribution in [-0.2, 0) is 4.74 Å². The lowest BCUT2D eigenvalue weighted by Gasteiger charge is -2.28. The first kappa shape index (κ1) is 19.2. The van der Waals surface area contributed by atoms with E-state index >= 15 is 0 Å². The first-order chi connectivity index (χ1) is 15.3. The maximum atomic E-state index is 5.52. The molecule has 1 fully saturated rings. The lowest BCUT2D eigenvalue weighted by Crippen LogP contribution is -2.37. The fourth-order valence-electron chi connectivity index (χ4n) is 3.65. The highest BCUT2D eigenvalue weighted by atomic mass is 16.5. The zero-order valence-corrected chi connectivity index (χ0v) is 17.2. The third-order valence-corrected chi connectivity index (χ3v) is 5.18. The fourth-order valence-corrected chi connectivity index (χ4v) is 3.65. The van der Waals surface area contributed by atoms with E-state index in [9.17, 15) is 0 Å². The number of hydrogen-bond acceptors (Lipinski definition) is 7. The summed E-state index contributed by atoms with van der Waals surface area (Å²) >= 11 is 0. The van der Waals surface area contributed by atoms with Crippen LogP contribution in [0.2, 0.25) is 0 Å². The van der Waals surface area contributed by atoms with E-state index in [4.69, 9.17) is 9.72 Å². The molecule has 8 heteroatoms. The second-order valence-corrected chi connectivity index (χ2v) is 7.43. The predicted octanol–water partition coefficient (Wildman–Crippen LogP) is 3.61. The molecule has 1 saturated heterocycles. The van der Waals surface area contributed by atoms with Gasteiger partial charge in [0.15, 0.2) is 5.82 Å². The van der Waals surface area contributed by atoms with E-state index in [1.165, 1.54) is 5.56 Å². The summed E-state index contributed by atoms with van der Waals surface area (Å²) < 4.78 is 5.52. The summed E-state index contributed by atoms with van der Waals surface area (Å²) in [5.41, 5.74) is 8.96. The lowest BCUT2D eigenvalue weighted by atomic mass is 10.2. The highest BCUT2D eigenvalue weighted by Crippen LogP contribution is 2.30. The van der Waals surface area contributed by atoms with E-state index in [0.29, 0.717) is 19.2 Å². The van der Waals surface area contributed by atoms with Gasteiger partial charge < -0.3 is 14.6 Å². The number of pyridine rings is 1. The molecule has 5 rings (SSSR count). The van der Waals surface area contributed by atoms with Gasteiger partial charge in [0.05, 0.1) is 24.9 Å². The Kier molecular flexibility index (Phi) is 5.28. The van der Waals surface area contributed by atoms with Crippen molar-refractivity contribution < 1.29 is 4.74 Å². The molecule has 4 aromatic rings. The van der Waals surface area contributed by atoms with Crippen molar-refractivity contribution in [3.8, 4) is 11.3 Å². The molecule has 0 atom stereocenters. The van der Waals surface area contributed by atoms with Crippen molar-refractivity contribution >= 4 is 29.0 Å². The number of nitrogens with zero attached hydrogens (tertiary/aromatic N) is 5. The zero-order valence-electron chi connectivity index (χ0n) is 17.2. The van der Waals surface area contributed by atoms with Crippen molar-refractivity contribution in [2.75, 3.05) is 36.6 Å². The average Bonchev–Trinajstić information content (AvgIpc) is 3.24. The second-order valence-electron chi connectivity index (χ2n) is 7.43. The molecule has 0 unspecified atom stereocenters. The number of nitrogens with one attached hydrogen (secondary N) is 2. The van der Waals surface area contributed by atoms with Crippen molar-refractivity contribution in [1.29, 1.82) is 0 Å². The van der Waals surface area contributed by atoms with Gasteiger partial charge in [-0.1, -0.05) is 29.8 Å². The van der Waals surface area contributed by atoms with E-state index in [1.807, 2.05) is 30.3 Å². The van der Waals surface area contributed by atoms with Gasteiger partial charge in [0.2, 0.25) is 5.95 Å². The molecule has 3 aromatic heterocycles. The van der Waals surface area contributed by atoms with E-state index in [1.54, 1.807) is 18.6 Å². The Morgan fingerprint density at radius 1 is 1.10 bits per heavy atom. The summed E-state index contributed by atoms with van der Waals surface area (Å²) in [5.74, 6) is 1.31. The number of aromatic amines is 1. The molecule has 1 aromatic carbocycles. The van der Waals surface area contributed by atoms with E-state index in [2.05, 4.69) is 49.4 Å². The molecule has 0 radical (unpaired) electrons. The first-order valence-electron chi connectivity index (χ1n) is 10.3. The Hall–Kier alpha value is -3.78. The molecule has 156 valence electrons. The van der Waals surface area contributed by atoms with Crippen molar-refractivity contribution in [2.45, 2.75) is 6.92 Å². The maximum Gasteiger partial charge on any atom is 0.246 e. The van der Waals surface area contributed by atoms with Gasteiger partial charge in [0.1, 0.15) is 5.52 Å². The monoisotopic (exact) mass is 413 g/mol. The average molecular weight is 413 g/mol. The van der Waals surface area contributed by atoms with Gasteiger partial charge >= 0.3 is 0 Å². The molecule has 0 saturated carbocycles. The molecular formula is C23H23N7O. The minimum absolute atomic E-state index is 0.457. The highest BCUT2D eigenvalue weighted by molar-refractivity contribution is 5.92. The van der Waals surface area contributed by atoms with Gasteiger partial charge in [-0.3, -0.25) is 4.98 Å². The number of aryl methyl sites for hydroxylation is 1. The van der Waals surface area contributed by atoms with Crippen molar-refractivity contribution in [3.63, 3.8) is 0 Å². The molecule has 8 nitrogen and oxygen atoms in total. The smallest absolute Gasteiger partial charge is 0.246 e. The fraction of sp³-hybridized carbons (Fsp3) is 0.217. The van der Waals surface area contributed by atoms with Crippen molar-refractivity contribution in [1.82, 2.24) is 19.9 Å². The quantitative estimate of drug-likeness (QED) is 0.384. The summed E-state index contributed by atoms with van der Waals surface area (Å²) in [7, 11) is 0. The number of anilines is 2. The van der Waals surface area contributed by atoms with Crippen LogP contribution < -0.4 is 10.3 Å². The Morgan fingerprint density at radius 3 is 2.74 bits per heavy atom. The summed E-state index contributed by atoms with van der Waals surface area (Å²) in [6.45, 7) is 4.97. The predicted molar refractivity (Wildman–Crippen MR) is 123 cm³/mol. The number of hydrogen-bond donors (Lipinski definition) is 2. The molecular weight excluding hydrogens is 390 g/mol. The Morgan fingerprint density at radius 2 is 1.94 bits per heavy atom. The number of benzene rings is 1. The molecule has 0 aliphatic carbocycles. The van der Waals surface area contributed by atoms with Crippen LogP contribution >= 0.6 is 0 Å². The molecule has 0 bridgehead atoms. The van der Waals surface area contributed by atoms with Crippen LogP contribution in [0.4, 0.5) is 11.8 Å². The standard InChI is InChI=1S/C23H23N7O/c1-16-3-2-4-17(13-16)15-25-29-23-27-20-14-19(18-5-7-24-8-6-18)26-21(20)22(28-23)30-9-11-31-12-10-30/h2-8,13-15,26H,9-12H2,1H3,(H,27,28,29)/b25-15+. The number of morpholine rings is 1. The van der Waals surface area contributed by atoms with Gasteiger partial charge in [-0.15, -0.1) is 0 Å². The Balaban J connectivity index is 1.50. The van der Waals surface area contributed by atoms with Crippen LogP contribution in [0.1, 0.15) is 11.1 Å². The molecule has 31 heavy (non-hydrogen) atoms. The van der Waals surface area contributed by atoms with Crippen LogP contribution in [0.5, 0.6) is 0 Å². The van der Waals surface area contributed by atoms with E-state index in [-0.39, 0.29) is 0 Å². The van der Waals surface area contributed by atoms with Crippen molar-refractivity contribution in [3.05, 3.63) is 66.0 Å². The summed E-state index contributed by atoms with van der Waals surface area (Å²) in [6, 6.07) is 14.1. The number of H-pyrrole nitrogens is 1. The SMILES string of the molecule is Cc1cccc(/C=N/Nc2nc(N3CCOCC3)c3[nH]c(-c4ccncc4)cc3n2)c1. The molecule has 0 amide bonds. The highest BCUT2D eigenvalue weighted by Gasteiger charge is 2.19. The van der Waals surface area contributed by atoms with Crippen LogP contribution in [-0.4, -0.2) is 52.5 Å². The van der Waals surface area contributed by atoms with Gasteiger partial charge in [-0.05, 0) is 30.7 Å². The van der Waals surface area contributed by atoms with Gasteiger partial charge in [-0.25, -0.2) is 10.4 Å². The number of fused-ring (bicyclic) bond motifs is 1.